The van der Waals surface area contributed by atoms with Gasteiger partial charge in [-0.2, -0.15) is 0 Å². The number of hydrogen-bond acceptors (Lipinski definition) is 4. The normalized spacial score (nSPS) is 17.5. The van der Waals surface area contributed by atoms with Gasteiger partial charge in [-0.1, -0.05) is 35.0 Å². The highest BCUT2D eigenvalue weighted by Gasteiger charge is 2.27. The molecule has 6 heteroatoms. The summed E-state index contributed by atoms with van der Waals surface area (Å²) in [7, 11) is 0. The minimum Gasteiger partial charge on any atom is -0.481 e. The van der Waals surface area contributed by atoms with Crippen LogP contribution < -0.4 is 0 Å². The van der Waals surface area contributed by atoms with E-state index < -0.39 is 5.97 Å². The maximum atomic E-state index is 12.7. The van der Waals surface area contributed by atoms with Gasteiger partial charge in [0.15, 0.2) is 0 Å². The van der Waals surface area contributed by atoms with E-state index in [1.807, 2.05) is 31.2 Å². The van der Waals surface area contributed by atoms with Crippen molar-refractivity contribution < 1.29 is 19.2 Å². The molecule has 0 radical (unpaired) electrons. The minimum absolute atomic E-state index is 0.145. The predicted molar refractivity (Wildman–Crippen MR) is 92.2 cm³/mol. The lowest BCUT2D eigenvalue weighted by Gasteiger charge is -2.31. The Balaban J connectivity index is 1.66. The van der Waals surface area contributed by atoms with E-state index in [9.17, 15) is 9.59 Å². The third-order valence-corrected chi connectivity index (χ3v) is 4.64. The fraction of sp³-hybridized carbons (Fsp3) is 0.421. The number of benzene rings is 1. The van der Waals surface area contributed by atoms with Crippen molar-refractivity contribution in [3.63, 3.8) is 0 Å². The van der Waals surface area contributed by atoms with E-state index >= 15 is 0 Å². The van der Waals surface area contributed by atoms with Gasteiger partial charge in [-0.05, 0) is 32.1 Å². The quantitative estimate of drug-likeness (QED) is 0.900. The second-order valence-electron chi connectivity index (χ2n) is 6.63. The first-order valence-electron chi connectivity index (χ1n) is 8.58. The molecule has 1 unspecified atom stereocenters. The van der Waals surface area contributed by atoms with Gasteiger partial charge in [-0.15, -0.1) is 0 Å². The van der Waals surface area contributed by atoms with Crippen molar-refractivity contribution in [1.82, 2.24) is 10.1 Å². The van der Waals surface area contributed by atoms with Gasteiger partial charge < -0.3 is 14.5 Å². The fourth-order valence-corrected chi connectivity index (χ4v) is 3.20. The molecular weight excluding hydrogens is 320 g/mol. The Morgan fingerprint density at radius 1 is 1.32 bits per heavy atom. The van der Waals surface area contributed by atoms with Crippen LogP contribution in [0.2, 0.25) is 0 Å². The molecule has 25 heavy (non-hydrogen) atoms. The van der Waals surface area contributed by atoms with Crippen molar-refractivity contribution in [2.24, 2.45) is 5.92 Å². The molecule has 132 valence electrons. The second kappa shape index (κ2) is 7.51. The van der Waals surface area contributed by atoms with Crippen LogP contribution in [0.25, 0.3) is 11.3 Å². The summed E-state index contributed by atoms with van der Waals surface area (Å²) in [5.74, 6) is -0.505. The first-order valence-corrected chi connectivity index (χ1v) is 8.58. The van der Waals surface area contributed by atoms with Gasteiger partial charge in [0.25, 0.3) is 5.91 Å². The van der Waals surface area contributed by atoms with E-state index in [1.54, 1.807) is 11.0 Å². The zero-order chi connectivity index (χ0) is 17.8. The van der Waals surface area contributed by atoms with Gasteiger partial charge in [0, 0.05) is 31.1 Å². The van der Waals surface area contributed by atoms with E-state index in [0.29, 0.717) is 25.2 Å². The van der Waals surface area contributed by atoms with Crippen LogP contribution in [0.5, 0.6) is 0 Å². The molecule has 6 nitrogen and oxygen atoms in total. The first kappa shape index (κ1) is 17.2. The van der Waals surface area contributed by atoms with Crippen LogP contribution in [0.15, 0.2) is 34.9 Å². The topological polar surface area (TPSA) is 83.6 Å². The largest absolute Gasteiger partial charge is 0.481 e. The van der Waals surface area contributed by atoms with E-state index in [-0.39, 0.29) is 24.0 Å². The molecule has 1 saturated heterocycles. The Bertz CT molecular complexity index is 751. The summed E-state index contributed by atoms with van der Waals surface area (Å²) in [5.41, 5.74) is 2.71. The second-order valence-corrected chi connectivity index (χ2v) is 6.63. The van der Waals surface area contributed by atoms with E-state index in [0.717, 1.165) is 24.0 Å². The number of aliphatic carboxylic acids is 1. The molecular formula is C19H22N2O4. The van der Waals surface area contributed by atoms with Crippen molar-refractivity contribution in [2.45, 2.75) is 32.6 Å². The number of rotatable bonds is 5. The number of carbonyl (C=O) groups is 2. The van der Waals surface area contributed by atoms with Gasteiger partial charge in [0.2, 0.25) is 5.76 Å². The number of piperidine rings is 1. The number of aryl methyl sites for hydroxylation is 1. The summed E-state index contributed by atoms with van der Waals surface area (Å²) >= 11 is 0. The van der Waals surface area contributed by atoms with Crippen molar-refractivity contribution >= 4 is 11.9 Å². The number of carboxylic acid groups (broad SMARTS) is 1. The molecule has 1 amide bonds. The molecule has 0 spiro atoms. The molecule has 1 fully saturated rings. The highest BCUT2D eigenvalue weighted by Crippen LogP contribution is 2.24. The number of likely N-dealkylation sites (tertiary alicyclic amines) is 1. The van der Waals surface area contributed by atoms with Crippen LogP contribution >= 0.6 is 0 Å². The molecule has 2 aromatic rings. The number of amides is 1. The first-order chi connectivity index (χ1) is 12.0. The van der Waals surface area contributed by atoms with Gasteiger partial charge in [0.05, 0.1) is 0 Å². The Morgan fingerprint density at radius 3 is 2.80 bits per heavy atom. The molecule has 2 heterocycles. The summed E-state index contributed by atoms with van der Waals surface area (Å²) < 4.78 is 5.26. The zero-order valence-corrected chi connectivity index (χ0v) is 14.3. The van der Waals surface area contributed by atoms with Crippen LogP contribution in [0.3, 0.4) is 0 Å². The lowest BCUT2D eigenvalue weighted by molar-refractivity contribution is -0.137. The summed E-state index contributed by atoms with van der Waals surface area (Å²) in [6, 6.07) is 9.55. The smallest absolute Gasteiger partial charge is 0.303 e. The lowest BCUT2D eigenvalue weighted by Crippen LogP contribution is -2.39. The fourth-order valence-electron chi connectivity index (χ4n) is 3.20. The van der Waals surface area contributed by atoms with Gasteiger partial charge in [-0.3, -0.25) is 9.59 Å². The average Bonchev–Trinajstić information content (AvgIpc) is 3.10. The molecule has 1 aromatic heterocycles. The maximum absolute atomic E-state index is 12.7. The zero-order valence-electron chi connectivity index (χ0n) is 14.3. The van der Waals surface area contributed by atoms with Crippen molar-refractivity contribution in [1.29, 1.82) is 0 Å². The average molecular weight is 342 g/mol. The summed E-state index contributed by atoms with van der Waals surface area (Å²) in [6.07, 6.45) is 2.59. The lowest BCUT2D eigenvalue weighted by atomic mass is 9.93. The summed E-state index contributed by atoms with van der Waals surface area (Å²) in [4.78, 5) is 25.1. The Kier molecular flexibility index (Phi) is 5.16. The number of nitrogens with zero attached hydrogens (tertiary/aromatic N) is 2. The highest BCUT2D eigenvalue weighted by molar-refractivity contribution is 5.92. The van der Waals surface area contributed by atoms with Gasteiger partial charge >= 0.3 is 5.97 Å². The van der Waals surface area contributed by atoms with E-state index in [1.165, 1.54) is 0 Å². The van der Waals surface area contributed by atoms with Crippen LogP contribution in [-0.4, -0.2) is 40.1 Å². The van der Waals surface area contributed by atoms with Crippen molar-refractivity contribution in [3.8, 4) is 11.3 Å². The third-order valence-electron chi connectivity index (χ3n) is 4.64. The Hall–Kier alpha value is -2.63. The third kappa shape index (κ3) is 4.26. The monoisotopic (exact) mass is 342 g/mol. The molecule has 0 bridgehead atoms. The number of carbonyl (C=O) groups excluding carboxylic acids is 1. The van der Waals surface area contributed by atoms with Crippen LogP contribution in [0.4, 0.5) is 0 Å². The van der Waals surface area contributed by atoms with Crippen LogP contribution in [0, 0.1) is 12.8 Å². The number of aromatic nitrogens is 1. The minimum atomic E-state index is -0.790. The van der Waals surface area contributed by atoms with E-state index in [4.69, 9.17) is 9.63 Å². The summed E-state index contributed by atoms with van der Waals surface area (Å²) in [6.45, 7) is 3.26. The van der Waals surface area contributed by atoms with Crippen molar-refractivity contribution in [3.05, 3.63) is 41.7 Å². The van der Waals surface area contributed by atoms with Crippen LogP contribution in [-0.2, 0) is 4.79 Å². The molecule has 1 aromatic carbocycles. The molecule has 1 aliphatic heterocycles. The molecule has 1 aliphatic rings. The SMILES string of the molecule is Cc1ccc(-c2cc(C(=O)N3CCCC(CCC(=O)O)C3)on2)cc1. The Morgan fingerprint density at radius 2 is 2.08 bits per heavy atom. The van der Waals surface area contributed by atoms with Gasteiger partial charge in [0.1, 0.15) is 5.69 Å². The molecule has 0 aliphatic carbocycles. The standard InChI is InChI=1S/C19H22N2O4/c1-13-4-7-15(8-5-13)16-11-17(25-20-16)19(24)21-10-2-3-14(12-21)6-9-18(22)23/h4-5,7-8,11,14H,2-3,6,9-10,12H2,1H3,(H,22,23). The molecule has 3 rings (SSSR count). The molecule has 0 saturated carbocycles. The highest BCUT2D eigenvalue weighted by atomic mass is 16.5. The number of hydrogen-bond donors (Lipinski definition) is 1. The van der Waals surface area contributed by atoms with Crippen LogP contribution in [0.1, 0.15) is 41.8 Å². The number of carboxylic acids is 1. The van der Waals surface area contributed by atoms with Gasteiger partial charge in [-0.25, -0.2) is 0 Å². The Labute approximate surface area is 146 Å². The van der Waals surface area contributed by atoms with E-state index in [2.05, 4.69) is 5.16 Å². The maximum Gasteiger partial charge on any atom is 0.303 e. The molecule has 1 N–H and O–H groups in total. The predicted octanol–water partition coefficient (Wildman–Crippen LogP) is 3.37. The van der Waals surface area contributed by atoms with Crippen molar-refractivity contribution in [2.75, 3.05) is 13.1 Å². The molecule has 1 atom stereocenters. The summed E-state index contributed by atoms with van der Waals surface area (Å²) in [5, 5.41) is 12.8.